The van der Waals surface area contributed by atoms with E-state index in [1.807, 2.05) is 24.3 Å². The van der Waals surface area contributed by atoms with E-state index in [9.17, 15) is 4.39 Å². The van der Waals surface area contributed by atoms with E-state index in [-0.39, 0.29) is 5.82 Å². The van der Waals surface area contributed by atoms with Crippen LogP contribution in [0, 0.1) is 5.82 Å². The van der Waals surface area contributed by atoms with Gasteiger partial charge in [-0.25, -0.2) is 4.39 Å². The number of fused-ring (bicyclic) bond motifs is 3. The van der Waals surface area contributed by atoms with Crippen molar-refractivity contribution in [2.75, 3.05) is 13.1 Å². The molecule has 0 unspecified atom stereocenters. The van der Waals surface area contributed by atoms with E-state index in [0.29, 0.717) is 0 Å². The maximum absolute atomic E-state index is 13.6. The Kier molecular flexibility index (Phi) is 3.50. The summed E-state index contributed by atoms with van der Waals surface area (Å²) in [7, 11) is 0. The first-order chi connectivity index (χ1) is 11.2. The Labute approximate surface area is 135 Å². The van der Waals surface area contributed by atoms with Gasteiger partial charge in [0.1, 0.15) is 5.82 Å². The smallest absolute Gasteiger partial charge is 0.123 e. The van der Waals surface area contributed by atoms with Crippen LogP contribution in [-0.2, 0) is 13.0 Å². The molecule has 1 aromatic heterocycles. The van der Waals surface area contributed by atoms with E-state index >= 15 is 0 Å². The van der Waals surface area contributed by atoms with Crippen molar-refractivity contribution in [3.63, 3.8) is 0 Å². The summed E-state index contributed by atoms with van der Waals surface area (Å²) in [4.78, 5) is 5.82. The number of benzene rings is 2. The van der Waals surface area contributed by atoms with Crippen molar-refractivity contribution in [3.8, 4) is 0 Å². The molecular weight excluding hydrogens is 287 g/mol. The molecular formula is C20H19FN2. The molecule has 116 valence electrons. The number of nitrogens with one attached hydrogen (secondary N) is 1. The van der Waals surface area contributed by atoms with Gasteiger partial charge in [-0.3, -0.25) is 4.90 Å². The van der Waals surface area contributed by atoms with Crippen LogP contribution >= 0.6 is 0 Å². The predicted octanol–water partition coefficient (Wildman–Crippen LogP) is 4.38. The number of aromatic nitrogens is 1. The molecule has 23 heavy (non-hydrogen) atoms. The average molecular weight is 306 g/mol. The summed E-state index contributed by atoms with van der Waals surface area (Å²) in [6.07, 6.45) is 0.966. The first-order valence-electron chi connectivity index (χ1n) is 7.95. The van der Waals surface area contributed by atoms with E-state index in [1.54, 1.807) is 6.07 Å². The maximum Gasteiger partial charge on any atom is 0.123 e. The lowest BCUT2D eigenvalue weighted by molar-refractivity contribution is 0.286. The van der Waals surface area contributed by atoms with Crippen molar-refractivity contribution < 1.29 is 4.39 Å². The molecule has 0 amide bonds. The van der Waals surface area contributed by atoms with Crippen LogP contribution in [0.1, 0.15) is 16.8 Å². The quantitative estimate of drug-likeness (QED) is 0.761. The normalized spacial score (nSPS) is 14.8. The molecule has 0 spiro atoms. The van der Waals surface area contributed by atoms with Gasteiger partial charge in [-0.1, -0.05) is 36.9 Å². The van der Waals surface area contributed by atoms with Crippen LogP contribution in [0.3, 0.4) is 0 Å². The van der Waals surface area contributed by atoms with Crippen molar-refractivity contribution in [1.29, 1.82) is 0 Å². The van der Waals surface area contributed by atoms with Crippen molar-refractivity contribution in [2.45, 2.75) is 13.0 Å². The van der Waals surface area contributed by atoms with Crippen molar-refractivity contribution in [2.24, 2.45) is 0 Å². The Morgan fingerprint density at radius 3 is 2.83 bits per heavy atom. The minimum atomic E-state index is -0.176. The minimum absolute atomic E-state index is 0.176. The first-order valence-corrected chi connectivity index (χ1v) is 7.95. The number of H-pyrrole nitrogens is 1. The summed E-state index contributed by atoms with van der Waals surface area (Å²) in [6.45, 7) is 6.90. The molecule has 2 heterocycles. The van der Waals surface area contributed by atoms with Gasteiger partial charge >= 0.3 is 0 Å². The zero-order valence-corrected chi connectivity index (χ0v) is 13.0. The second kappa shape index (κ2) is 5.67. The number of nitrogens with zero attached hydrogens (tertiary/aromatic N) is 1. The molecule has 2 nitrogen and oxygen atoms in total. The van der Waals surface area contributed by atoms with Crippen molar-refractivity contribution in [1.82, 2.24) is 9.88 Å². The molecule has 1 N–H and O–H groups in total. The fourth-order valence-electron chi connectivity index (χ4n) is 3.41. The van der Waals surface area contributed by atoms with Crippen LogP contribution in [-0.4, -0.2) is 23.0 Å². The molecule has 0 fully saturated rings. The topological polar surface area (TPSA) is 19.0 Å². The number of rotatable bonds is 3. The van der Waals surface area contributed by atoms with Gasteiger partial charge in [0.25, 0.3) is 0 Å². The highest BCUT2D eigenvalue weighted by Crippen LogP contribution is 2.29. The Morgan fingerprint density at radius 1 is 1.17 bits per heavy atom. The highest BCUT2D eigenvalue weighted by atomic mass is 19.1. The largest absolute Gasteiger partial charge is 0.358 e. The maximum atomic E-state index is 13.6. The standard InChI is InChI=1S/C20H19FN2/c1-14(15-5-3-2-4-6-15)12-23-10-9-20-18(13-23)17-11-16(21)7-8-19(17)22-20/h2-8,11,22H,1,9-10,12-13H2. The Bertz CT molecular complexity index is 864. The molecule has 0 radical (unpaired) electrons. The summed E-state index contributed by atoms with van der Waals surface area (Å²) in [6, 6.07) is 15.3. The van der Waals surface area contributed by atoms with Crippen LogP contribution in [0.25, 0.3) is 16.5 Å². The van der Waals surface area contributed by atoms with Crippen LogP contribution < -0.4 is 0 Å². The molecule has 3 aromatic rings. The lowest BCUT2D eigenvalue weighted by Gasteiger charge is -2.28. The van der Waals surface area contributed by atoms with Crippen molar-refractivity contribution >= 4 is 16.5 Å². The number of hydrogen-bond donors (Lipinski definition) is 1. The summed E-state index contributed by atoms with van der Waals surface area (Å²) >= 11 is 0. The summed E-state index contributed by atoms with van der Waals surface area (Å²) in [5, 5.41) is 1.01. The van der Waals surface area contributed by atoms with Crippen LogP contribution in [0.15, 0.2) is 55.1 Å². The van der Waals surface area contributed by atoms with Gasteiger partial charge in [-0.15, -0.1) is 0 Å². The molecule has 0 saturated heterocycles. The SMILES string of the molecule is C=C(CN1CCc2[nH]c3ccc(F)cc3c2C1)c1ccccc1. The zero-order valence-electron chi connectivity index (χ0n) is 13.0. The van der Waals surface area contributed by atoms with Gasteiger partial charge < -0.3 is 4.98 Å². The molecule has 2 aromatic carbocycles. The van der Waals surface area contributed by atoms with Crippen LogP contribution in [0.2, 0.25) is 0 Å². The van der Waals surface area contributed by atoms with Gasteiger partial charge in [0, 0.05) is 42.7 Å². The van der Waals surface area contributed by atoms with E-state index in [4.69, 9.17) is 0 Å². The number of halogens is 1. The van der Waals surface area contributed by atoms with Crippen LogP contribution in [0.4, 0.5) is 4.39 Å². The number of hydrogen-bond acceptors (Lipinski definition) is 1. The molecule has 0 saturated carbocycles. The molecule has 1 aliphatic heterocycles. The third-order valence-electron chi connectivity index (χ3n) is 4.61. The molecule has 0 atom stereocenters. The third kappa shape index (κ3) is 2.68. The minimum Gasteiger partial charge on any atom is -0.358 e. The highest BCUT2D eigenvalue weighted by Gasteiger charge is 2.21. The second-order valence-electron chi connectivity index (χ2n) is 6.20. The molecule has 0 aliphatic carbocycles. The molecule has 0 bridgehead atoms. The van der Waals surface area contributed by atoms with E-state index in [2.05, 4.69) is 28.6 Å². The average Bonchev–Trinajstić information content (AvgIpc) is 2.93. The van der Waals surface area contributed by atoms with Gasteiger partial charge in [0.05, 0.1) is 0 Å². The van der Waals surface area contributed by atoms with Gasteiger partial charge in [-0.05, 0) is 34.9 Å². The highest BCUT2D eigenvalue weighted by molar-refractivity contribution is 5.85. The fraction of sp³-hybridized carbons (Fsp3) is 0.200. The molecule has 1 aliphatic rings. The summed E-state index contributed by atoms with van der Waals surface area (Å²) in [5.74, 6) is -0.176. The predicted molar refractivity (Wildman–Crippen MR) is 92.7 cm³/mol. The lowest BCUT2D eigenvalue weighted by atomic mass is 10.0. The zero-order chi connectivity index (χ0) is 15.8. The van der Waals surface area contributed by atoms with E-state index < -0.39 is 0 Å². The third-order valence-corrected chi connectivity index (χ3v) is 4.61. The second-order valence-corrected chi connectivity index (χ2v) is 6.20. The molecule has 4 rings (SSSR count). The van der Waals surface area contributed by atoms with Gasteiger partial charge in [0.2, 0.25) is 0 Å². The lowest BCUT2D eigenvalue weighted by Crippen LogP contribution is -2.31. The Morgan fingerprint density at radius 2 is 2.00 bits per heavy atom. The van der Waals surface area contributed by atoms with Crippen LogP contribution in [0.5, 0.6) is 0 Å². The van der Waals surface area contributed by atoms with Crippen molar-refractivity contribution in [3.05, 3.63) is 77.7 Å². The van der Waals surface area contributed by atoms with E-state index in [0.717, 1.165) is 42.5 Å². The Hall–Kier alpha value is -2.39. The summed E-state index contributed by atoms with van der Waals surface area (Å²) in [5.41, 5.74) is 5.81. The monoisotopic (exact) mass is 306 g/mol. The first kappa shape index (κ1) is 14.2. The summed E-state index contributed by atoms with van der Waals surface area (Å²) < 4.78 is 13.6. The fourth-order valence-corrected chi connectivity index (χ4v) is 3.41. The van der Waals surface area contributed by atoms with Gasteiger partial charge in [0.15, 0.2) is 0 Å². The number of aromatic amines is 1. The Balaban J connectivity index is 1.57. The van der Waals surface area contributed by atoms with E-state index in [1.165, 1.54) is 22.9 Å². The van der Waals surface area contributed by atoms with Gasteiger partial charge in [-0.2, -0.15) is 0 Å². The molecule has 3 heteroatoms.